The van der Waals surface area contributed by atoms with E-state index < -0.39 is 11.6 Å². The van der Waals surface area contributed by atoms with Gasteiger partial charge in [0.1, 0.15) is 29.7 Å². The second-order valence-electron chi connectivity index (χ2n) is 6.99. The van der Waals surface area contributed by atoms with E-state index in [0.29, 0.717) is 24.3 Å². The molecular formula is C19H26N2O5. The van der Waals surface area contributed by atoms with Crippen LogP contribution in [0.1, 0.15) is 32.1 Å². The lowest BCUT2D eigenvalue weighted by Crippen LogP contribution is -2.49. The number of benzene rings is 1. The summed E-state index contributed by atoms with van der Waals surface area (Å²) in [6, 6.07) is 6.67. The van der Waals surface area contributed by atoms with Crippen molar-refractivity contribution in [1.29, 1.82) is 0 Å². The Labute approximate surface area is 153 Å². The van der Waals surface area contributed by atoms with E-state index >= 15 is 0 Å². The van der Waals surface area contributed by atoms with Gasteiger partial charge >= 0.3 is 6.03 Å². The van der Waals surface area contributed by atoms with Crippen molar-refractivity contribution in [2.75, 3.05) is 27.3 Å². The fraction of sp³-hybridized carbons (Fsp3) is 0.579. The molecule has 1 saturated carbocycles. The zero-order chi connectivity index (χ0) is 18.7. The van der Waals surface area contributed by atoms with Gasteiger partial charge in [-0.3, -0.25) is 9.69 Å². The molecule has 1 aromatic carbocycles. The molecule has 2 fully saturated rings. The molecule has 2 aliphatic rings. The first-order valence-electron chi connectivity index (χ1n) is 9.02. The van der Waals surface area contributed by atoms with Crippen LogP contribution >= 0.6 is 0 Å². The van der Waals surface area contributed by atoms with Crippen LogP contribution in [0.5, 0.6) is 11.5 Å². The molecule has 3 amide bonds. The predicted octanol–water partition coefficient (Wildman–Crippen LogP) is 2.03. The third kappa shape index (κ3) is 3.35. The summed E-state index contributed by atoms with van der Waals surface area (Å²) in [6.45, 7) is -0.0555. The lowest BCUT2D eigenvalue weighted by atomic mass is 9.81. The minimum absolute atomic E-state index is 0.000102. The van der Waals surface area contributed by atoms with Gasteiger partial charge in [-0.15, -0.1) is 0 Å². The summed E-state index contributed by atoms with van der Waals surface area (Å²) in [5, 5.41) is 10.3. The van der Waals surface area contributed by atoms with Crippen molar-refractivity contribution in [1.82, 2.24) is 9.80 Å². The Morgan fingerprint density at radius 1 is 1.12 bits per heavy atom. The number of aliphatic hydroxyl groups is 1. The van der Waals surface area contributed by atoms with Crippen molar-refractivity contribution >= 4 is 11.9 Å². The van der Waals surface area contributed by atoms with Crippen LogP contribution in [0.15, 0.2) is 24.3 Å². The molecule has 7 nitrogen and oxygen atoms in total. The molecular weight excluding hydrogens is 336 g/mol. The fourth-order valence-corrected chi connectivity index (χ4v) is 3.82. The van der Waals surface area contributed by atoms with Crippen LogP contribution in [-0.2, 0) is 4.79 Å². The van der Waals surface area contributed by atoms with E-state index in [9.17, 15) is 14.7 Å². The number of carbonyl (C=O) groups excluding carboxylic acids is 2. The smallest absolute Gasteiger partial charge is 0.327 e. The van der Waals surface area contributed by atoms with E-state index in [-0.39, 0.29) is 25.1 Å². The highest BCUT2D eigenvalue weighted by atomic mass is 16.5. The summed E-state index contributed by atoms with van der Waals surface area (Å²) in [7, 11) is 3.27. The summed E-state index contributed by atoms with van der Waals surface area (Å²) in [5.74, 6) is 1.12. The Morgan fingerprint density at radius 3 is 2.35 bits per heavy atom. The van der Waals surface area contributed by atoms with Gasteiger partial charge in [0, 0.05) is 7.05 Å². The average Bonchev–Trinajstić information content (AvgIpc) is 2.84. The number of hydrogen-bond donors (Lipinski definition) is 1. The number of likely N-dealkylation sites (N-methyl/N-ethyl adjacent to an activating group) is 1. The molecule has 7 heteroatoms. The first-order chi connectivity index (χ1) is 12.5. The van der Waals surface area contributed by atoms with Crippen molar-refractivity contribution < 1.29 is 24.2 Å². The summed E-state index contributed by atoms with van der Waals surface area (Å²) in [6.07, 6.45) is 3.43. The van der Waals surface area contributed by atoms with Crippen LogP contribution in [0, 0.1) is 0 Å². The molecule has 1 atom stereocenters. The molecule has 0 aromatic heterocycles. The number of ether oxygens (including phenoxy) is 2. The zero-order valence-corrected chi connectivity index (χ0v) is 15.3. The van der Waals surface area contributed by atoms with Gasteiger partial charge in [-0.25, -0.2) is 4.79 Å². The molecule has 1 aliphatic carbocycles. The Bertz CT molecular complexity index is 654. The van der Waals surface area contributed by atoms with Crippen molar-refractivity contribution in [2.24, 2.45) is 0 Å². The molecule has 1 aliphatic heterocycles. The molecule has 26 heavy (non-hydrogen) atoms. The Kier molecular flexibility index (Phi) is 5.36. The second kappa shape index (κ2) is 7.53. The number of rotatable bonds is 6. The second-order valence-corrected chi connectivity index (χ2v) is 6.99. The van der Waals surface area contributed by atoms with Crippen LogP contribution in [0.4, 0.5) is 4.79 Å². The van der Waals surface area contributed by atoms with Gasteiger partial charge < -0.3 is 19.5 Å². The number of aliphatic hydroxyl groups excluding tert-OH is 1. The summed E-state index contributed by atoms with van der Waals surface area (Å²) >= 11 is 0. The maximum Gasteiger partial charge on any atom is 0.327 e. The molecule has 0 bridgehead atoms. The number of amides is 3. The highest BCUT2D eigenvalue weighted by molar-refractivity contribution is 6.07. The van der Waals surface area contributed by atoms with Gasteiger partial charge in [0.2, 0.25) is 0 Å². The van der Waals surface area contributed by atoms with Gasteiger partial charge in [0.05, 0.1) is 13.7 Å². The number of urea groups is 1. The largest absolute Gasteiger partial charge is 0.497 e. The Hall–Kier alpha value is -2.28. The van der Waals surface area contributed by atoms with Crippen LogP contribution in [0.25, 0.3) is 0 Å². The molecule has 1 saturated heterocycles. The number of carbonyl (C=O) groups is 2. The summed E-state index contributed by atoms with van der Waals surface area (Å²) in [5.41, 5.74) is -0.716. The van der Waals surface area contributed by atoms with Gasteiger partial charge in [-0.05, 0) is 37.1 Å². The predicted molar refractivity (Wildman–Crippen MR) is 95.2 cm³/mol. The number of imide groups is 1. The van der Waals surface area contributed by atoms with Crippen molar-refractivity contribution in [3.8, 4) is 11.5 Å². The van der Waals surface area contributed by atoms with E-state index in [4.69, 9.17) is 9.47 Å². The lowest BCUT2D eigenvalue weighted by molar-refractivity contribution is -0.135. The third-order valence-electron chi connectivity index (χ3n) is 5.38. The number of nitrogens with zero attached hydrogens (tertiary/aromatic N) is 2. The van der Waals surface area contributed by atoms with Crippen LogP contribution < -0.4 is 9.47 Å². The van der Waals surface area contributed by atoms with Crippen molar-refractivity contribution in [3.05, 3.63) is 24.3 Å². The number of β-amino-alcohol motifs (C(OH)–C–C–N with tert-alkyl or cyclic N) is 1. The lowest BCUT2D eigenvalue weighted by Gasteiger charge is -2.35. The first-order valence-corrected chi connectivity index (χ1v) is 9.02. The molecule has 3 rings (SSSR count). The minimum atomic E-state index is -0.947. The highest BCUT2D eigenvalue weighted by Gasteiger charge is 2.55. The van der Waals surface area contributed by atoms with Crippen LogP contribution in [0.2, 0.25) is 0 Å². The van der Waals surface area contributed by atoms with E-state index in [1.165, 1.54) is 4.90 Å². The number of hydrogen-bond acceptors (Lipinski definition) is 5. The van der Waals surface area contributed by atoms with Crippen molar-refractivity contribution in [3.63, 3.8) is 0 Å². The van der Waals surface area contributed by atoms with Crippen LogP contribution in [-0.4, -0.2) is 65.8 Å². The highest BCUT2D eigenvalue weighted by Crippen LogP contribution is 2.39. The standard InChI is InChI=1S/C19H26N2O5/c1-20-18(24)21(17(23)19(20)10-4-3-5-11-19)12-14(22)13-26-16-8-6-15(25-2)7-9-16/h6-9,14,22H,3-5,10-13H2,1-2H3/t14-/m0/s1. The fourth-order valence-electron chi connectivity index (χ4n) is 3.82. The molecule has 1 aromatic rings. The SMILES string of the molecule is COc1ccc(OC[C@@H](O)CN2C(=O)N(C)C3(CCCCC3)C2=O)cc1. The normalized spacial score (nSPS) is 20.6. The van der Waals surface area contributed by atoms with E-state index in [1.807, 2.05) is 0 Å². The molecule has 1 N–H and O–H groups in total. The van der Waals surface area contributed by atoms with Gasteiger partial charge in [0.15, 0.2) is 0 Å². The molecule has 0 unspecified atom stereocenters. The quantitative estimate of drug-likeness (QED) is 0.784. The maximum absolute atomic E-state index is 12.9. The van der Waals surface area contributed by atoms with E-state index in [0.717, 1.165) is 19.3 Å². The molecule has 1 heterocycles. The molecule has 1 spiro atoms. The topological polar surface area (TPSA) is 79.3 Å². The Morgan fingerprint density at radius 2 is 1.73 bits per heavy atom. The average molecular weight is 362 g/mol. The summed E-state index contributed by atoms with van der Waals surface area (Å²) in [4.78, 5) is 28.2. The van der Waals surface area contributed by atoms with Gasteiger partial charge in [0.25, 0.3) is 5.91 Å². The maximum atomic E-state index is 12.9. The minimum Gasteiger partial charge on any atom is -0.497 e. The number of methoxy groups -OCH3 is 1. The van der Waals surface area contributed by atoms with E-state index in [1.54, 1.807) is 43.3 Å². The van der Waals surface area contributed by atoms with Gasteiger partial charge in [-0.2, -0.15) is 0 Å². The van der Waals surface area contributed by atoms with Crippen LogP contribution in [0.3, 0.4) is 0 Å². The monoisotopic (exact) mass is 362 g/mol. The van der Waals surface area contributed by atoms with Gasteiger partial charge in [-0.1, -0.05) is 19.3 Å². The first kappa shape index (κ1) is 18.5. The zero-order valence-electron chi connectivity index (χ0n) is 15.3. The third-order valence-corrected chi connectivity index (χ3v) is 5.38. The molecule has 142 valence electrons. The Balaban J connectivity index is 1.58. The summed E-state index contributed by atoms with van der Waals surface area (Å²) < 4.78 is 10.6. The van der Waals surface area contributed by atoms with E-state index in [2.05, 4.69) is 0 Å². The van der Waals surface area contributed by atoms with Crippen molar-refractivity contribution in [2.45, 2.75) is 43.7 Å². The molecule has 0 radical (unpaired) electrons.